The summed E-state index contributed by atoms with van der Waals surface area (Å²) in [6.45, 7) is 7.33. The van der Waals surface area contributed by atoms with E-state index in [1.165, 1.54) is 10.6 Å². The molecular weight excluding hydrogens is 308 g/mol. The lowest BCUT2D eigenvalue weighted by Crippen LogP contribution is -2.34. The molecule has 0 saturated carbocycles. The van der Waals surface area contributed by atoms with E-state index in [1.54, 1.807) is 30.8 Å². The van der Waals surface area contributed by atoms with Crippen molar-refractivity contribution >= 4 is 11.6 Å². The van der Waals surface area contributed by atoms with Crippen LogP contribution < -0.4 is 10.9 Å². The Hall–Kier alpha value is -2.90. The number of aromatic nitrogens is 5. The molecule has 2 atom stereocenters. The summed E-state index contributed by atoms with van der Waals surface area (Å²) in [5.41, 5.74) is 2.60. The molecule has 24 heavy (non-hydrogen) atoms. The van der Waals surface area contributed by atoms with Crippen molar-refractivity contribution in [3.63, 3.8) is 0 Å². The van der Waals surface area contributed by atoms with Crippen molar-refractivity contribution in [1.29, 1.82) is 0 Å². The monoisotopic (exact) mass is 328 g/mol. The van der Waals surface area contributed by atoms with Gasteiger partial charge >= 0.3 is 0 Å². The van der Waals surface area contributed by atoms with Crippen LogP contribution in [0.3, 0.4) is 0 Å². The summed E-state index contributed by atoms with van der Waals surface area (Å²) in [4.78, 5) is 29.0. The van der Waals surface area contributed by atoms with Gasteiger partial charge in [-0.15, -0.1) is 0 Å². The van der Waals surface area contributed by atoms with E-state index in [9.17, 15) is 9.59 Å². The van der Waals surface area contributed by atoms with Crippen LogP contribution in [0.2, 0.25) is 0 Å². The van der Waals surface area contributed by atoms with Gasteiger partial charge in [-0.1, -0.05) is 0 Å². The highest BCUT2D eigenvalue weighted by Crippen LogP contribution is 2.13. The van der Waals surface area contributed by atoms with Gasteiger partial charge in [-0.05, 0) is 33.8 Å². The highest BCUT2D eigenvalue weighted by Gasteiger charge is 2.20. The lowest BCUT2D eigenvalue weighted by atomic mass is 10.2. The first-order valence-electron chi connectivity index (χ1n) is 7.76. The van der Waals surface area contributed by atoms with E-state index in [0.29, 0.717) is 11.3 Å². The van der Waals surface area contributed by atoms with Crippen molar-refractivity contribution in [3.05, 3.63) is 51.8 Å². The molecule has 0 bridgehead atoms. The van der Waals surface area contributed by atoms with Crippen molar-refractivity contribution in [3.8, 4) is 0 Å². The lowest BCUT2D eigenvalue weighted by molar-refractivity contribution is -0.124. The molecule has 0 spiro atoms. The normalized spacial score (nSPS) is 13.8. The Labute approximate surface area is 138 Å². The number of aryl methyl sites for hydroxylation is 2. The van der Waals surface area contributed by atoms with Gasteiger partial charge in [-0.2, -0.15) is 5.10 Å². The van der Waals surface area contributed by atoms with Gasteiger partial charge in [0.15, 0.2) is 5.65 Å². The third kappa shape index (κ3) is 2.82. The highest BCUT2D eigenvalue weighted by atomic mass is 16.2. The Morgan fingerprint density at radius 3 is 2.71 bits per heavy atom. The summed E-state index contributed by atoms with van der Waals surface area (Å²) in [5, 5.41) is 9.97. The van der Waals surface area contributed by atoms with Crippen LogP contribution >= 0.6 is 0 Å². The molecule has 3 rings (SSSR count). The second-order valence-electron chi connectivity index (χ2n) is 5.98. The Bertz CT molecular complexity index is 951. The van der Waals surface area contributed by atoms with E-state index in [-0.39, 0.29) is 17.5 Å². The molecule has 0 aliphatic carbocycles. The summed E-state index contributed by atoms with van der Waals surface area (Å²) in [6.07, 6.45) is 1.66. The third-order valence-electron chi connectivity index (χ3n) is 4.02. The SMILES string of the molecule is Cc1cc2nc([C@H](C)NC(=O)[C@@H](C)n3nccc3C)cc(=O)n2[nH]1. The summed E-state index contributed by atoms with van der Waals surface area (Å²) in [6, 6.07) is 4.23. The van der Waals surface area contributed by atoms with Crippen LogP contribution in [0.4, 0.5) is 0 Å². The Kier molecular flexibility index (Phi) is 3.96. The van der Waals surface area contributed by atoms with Gasteiger partial charge in [-0.25, -0.2) is 9.50 Å². The largest absolute Gasteiger partial charge is 0.346 e. The van der Waals surface area contributed by atoms with Gasteiger partial charge in [0.25, 0.3) is 5.56 Å². The predicted molar refractivity (Wildman–Crippen MR) is 88.8 cm³/mol. The average Bonchev–Trinajstić information content (AvgIpc) is 3.11. The molecule has 1 amide bonds. The molecule has 3 aromatic rings. The van der Waals surface area contributed by atoms with Gasteiger partial charge in [0, 0.05) is 29.7 Å². The van der Waals surface area contributed by atoms with E-state index in [4.69, 9.17) is 0 Å². The Morgan fingerprint density at radius 1 is 1.29 bits per heavy atom. The zero-order valence-electron chi connectivity index (χ0n) is 14.1. The molecule has 0 fully saturated rings. The number of H-pyrrole nitrogens is 1. The van der Waals surface area contributed by atoms with Crippen molar-refractivity contribution in [2.75, 3.05) is 0 Å². The van der Waals surface area contributed by atoms with Gasteiger partial charge in [-0.3, -0.25) is 19.4 Å². The fourth-order valence-electron chi connectivity index (χ4n) is 2.66. The standard InChI is InChI=1S/C16H20N6O2/c1-9-7-14-19-13(8-15(23)22(14)20-9)11(3)18-16(24)12(4)21-10(2)5-6-17-21/h5-8,11-12,20H,1-4H3,(H,18,24)/t11-,12+/m0/s1. The maximum atomic E-state index is 12.4. The van der Waals surface area contributed by atoms with E-state index < -0.39 is 6.04 Å². The first kappa shape index (κ1) is 16.0. The van der Waals surface area contributed by atoms with Crippen LogP contribution in [0, 0.1) is 13.8 Å². The number of hydrogen-bond donors (Lipinski definition) is 2. The molecule has 8 heteroatoms. The zero-order valence-corrected chi connectivity index (χ0v) is 14.1. The zero-order chi connectivity index (χ0) is 17.4. The number of nitrogens with one attached hydrogen (secondary N) is 2. The number of aromatic amines is 1. The molecule has 0 saturated heterocycles. The molecule has 126 valence electrons. The third-order valence-corrected chi connectivity index (χ3v) is 4.02. The fraction of sp³-hybridized carbons (Fsp3) is 0.375. The second-order valence-corrected chi connectivity index (χ2v) is 5.98. The second kappa shape index (κ2) is 5.95. The van der Waals surface area contributed by atoms with E-state index in [2.05, 4.69) is 20.5 Å². The van der Waals surface area contributed by atoms with Crippen molar-refractivity contribution < 1.29 is 4.79 Å². The predicted octanol–water partition coefficient (Wildman–Crippen LogP) is 1.27. The Balaban J connectivity index is 1.82. The summed E-state index contributed by atoms with van der Waals surface area (Å²) >= 11 is 0. The first-order chi connectivity index (χ1) is 11.4. The van der Waals surface area contributed by atoms with Crippen LogP contribution in [0.25, 0.3) is 5.65 Å². The van der Waals surface area contributed by atoms with Gasteiger partial charge in [0.2, 0.25) is 5.91 Å². The van der Waals surface area contributed by atoms with Gasteiger partial charge in [0.05, 0.1) is 11.7 Å². The molecular formula is C16H20N6O2. The van der Waals surface area contributed by atoms with Gasteiger partial charge < -0.3 is 5.32 Å². The summed E-state index contributed by atoms with van der Waals surface area (Å²) in [7, 11) is 0. The van der Waals surface area contributed by atoms with Crippen LogP contribution in [0.5, 0.6) is 0 Å². The molecule has 0 radical (unpaired) electrons. The van der Waals surface area contributed by atoms with Gasteiger partial charge in [0.1, 0.15) is 6.04 Å². The molecule has 0 aliphatic rings. The van der Waals surface area contributed by atoms with E-state index >= 15 is 0 Å². The topological polar surface area (TPSA) is 97.1 Å². The minimum absolute atomic E-state index is 0.179. The average molecular weight is 328 g/mol. The molecule has 3 aromatic heterocycles. The van der Waals surface area contributed by atoms with Crippen molar-refractivity contribution in [1.82, 2.24) is 29.7 Å². The number of hydrogen-bond acceptors (Lipinski definition) is 4. The minimum Gasteiger partial charge on any atom is -0.346 e. The number of carbonyl (C=O) groups excluding carboxylic acids is 1. The molecule has 3 heterocycles. The first-order valence-corrected chi connectivity index (χ1v) is 7.76. The van der Waals surface area contributed by atoms with Crippen LogP contribution in [0.15, 0.2) is 29.2 Å². The highest BCUT2D eigenvalue weighted by molar-refractivity contribution is 5.80. The Morgan fingerprint density at radius 2 is 2.04 bits per heavy atom. The number of rotatable bonds is 4. The van der Waals surface area contributed by atoms with Crippen molar-refractivity contribution in [2.24, 2.45) is 0 Å². The molecule has 0 aromatic carbocycles. The number of nitrogens with zero attached hydrogens (tertiary/aromatic N) is 4. The van der Waals surface area contributed by atoms with Crippen LogP contribution in [0.1, 0.15) is 43.0 Å². The molecule has 2 N–H and O–H groups in total. The summed E-state index contributed by atoms with van der Waals surface area (Å²) < 4.78 is 3.03. The molecule has 0 unspecified atom stereocenters. The minimum atomic E-state index is -0.443. The lowest BCUT2D eigenvalue weighted by Gasteiger charge is -2.18. The maximum absolute atomic E-state index is 12.4. The smallest absolute Gasteiger partial charge is 0.272 e. The van der Waals surface area contributed by atoms with Crippen molar-refractivity contribution in [2.45, 2.75) is 39.8 Å². The molecule has 8 nitrogen and oxygen atoms in total. The maximum Gasteiger partial charge on any atom is 0.272 e. The fourth-order valence-corrected chi connectivity index (χ4v) is 2.66. The molecule has 0 aliphatic heterocycles. The number of carbonyl (C=O) groups is 1. The van der Waals surface area contributed by atoms with E-state index in [0.717, 1.165) is 11.4 Å². The number of amides is 1. The summed E-state index contributed by atoms with van der Waals surface area (Å²) in [5.74, 6) is -0.179. The van der Waals surface area contributed by atoms with E-state index in [1.807, 2.05) is 19.9 Å². The number of fused-ring (bicyclic) bond motifs is 1. The quantitative estimate of drug-likeness (QED) is 0.754. The van der Waals surface area contributed by atoms with Crippen LogP contribution in [-0.4, -0.2) is 30.3 Å². The van der Waals surface area contributed by atoms with Crippen LogP contribution in [-0.2, 0) is 4.79 Å².